The molecule has 0 aliphatic heterocycles. The van der Waals surface area contributed by atoms with E-state index in [0.717, 1.165) is 6.42 Å². The SMILES string of the molecule is [CH2-]CCC.[Cl-].[Mg+2].[Mg]. The van der Waals surface area contributed by atoms with Gasteiger partial charge in [-0.25, -0.2) is 0 Å². The molecule has 0 saturated carbocycles. The summed E-state index contributed by atoms with van der Waals surface area (Å²) in [5.74, 6) is 0. The standard InChI is InChI=1S/C4H9.ClH.2Mg/c1-3-4-2;;;/h1,3-4H2,2H3;1H;;/q-1;;;+2/p-1. The molecule has 0 atom stereocenters. The first kappa shape index (κ1) is 23.2. The molecule has 0 saturated heterocycles. The number of hydrogen-bond donors (Lipinski definition) is 0. The van der Waals surface area contributed by atoms with Gasteiger partial charge in [-0.3, -0.25) is 0 Å². The Kier molecular flexibility index (Phi) is 82.6. The maximum absolute atomic E-state index is 3.60. The monoisotopic (exact) mass is 140 g/mol. The zero-order valence-electron chi connectivity index (χ0n) is 4.91. The summed E-state index contributed by atoms with van der Waals surface area (Å²) in [5.41, 5.74) is 0. The molecule has 2 radical (unpaired) electrons. The normalized spacial score (nSPS) is 4.29. The van der Waals surface area contributed by atoms with Crippen LogP contribution in [-0.2, 0) is 0 Å². The van der Waals surface area contributed by atoms with Crippen molar-refractivity contribution < 1.29 is 12.4 Å². The zero-order chi connectivity index (χ0) is 3.41. The van der Waals surface area contributed by atoms with Gasteiger partial charge in [0.1, 0.15) is 0 Å². The van der Waals surface area contributed by atoms with Crippen LogP contribution < -0.4 is 12.4 Å². The van der Waals surface area contributed by atoms with Gasteiger partial charge in [-0.1, -0.05) is 13.3 Å². The molecule has 0 aromatic rings. The van der Waals surface area contributed by atoms with Crippen LogP contribution >= 0.6 is 0 Å². The first-order valence-corrected chi connectivity index (χ1v) is 1.71. The molecule has 0 aromatic carbocycles. The minimum Gasteiger partial charge on any atom is -1.00 e. The van der Waals surface area contributed by atoms with Crippen molar-refractivity contribution in [2.45, 2.75) is 19.8 Å². The van der Waals surface area contributed by atoms with E-state index >= 15 is 0 Å². The molecule has 0 aliphatic rings. The maximum Gasteiger partial charge on any atom is 2.00 e. The molecular weight excluding hydrogens is 132 g/mol. The molecule has 0 heterocycles. The van der Waals surface area contributed by atoms with E-state index in [0.29, 0.717) is 0 Å². The van der Waals surface area contributed by atoms with E-state index in [9.17, 15) is 0 Å². The van der Waals surface area contributed by atoms with Crippen LogP contribution in [0.1, 0.15) is 19.8 Å². The summed E-state index contributed by atoms with van der Waals surface area (Å²) in [7, 11) is 0. The van der Waals surface area contributed by atoms with Crippen LogP contribution in [0.4, 0.5) is 0 Å². The Morgan fingerprint density at radius 2 is 1.57 bits per heavy atom. The van der Waals surface area contributed by atoms with Gasteiger partial charge >= 0.3 is 23.1 Å². The molecule has 0 nitrogen and oxygen atoms in total. The third-order valence-electron chi connectivity index (χ3n) is 0.354. The third-order valence-corrected chi connectivity index (χ3v) is 0.354. The van der Waals surface area contributed by atoms with Gasteiger partial charge in [-0.05, 0) is 0 Å². The smallest absolute Gasteiger partial charge is 1.00 e. The molecule has 7 heavy (non-hydrogen) atoms. The summed E-state index contributed by atoms with van der Waals surface area (Å²) >= 11 is 0. The van der Waals surface area contributed by atoms with Crippen LogP contribution in [0.2, 0.25) is 0 Å². The van der Waals surface area contributed by atoms with E-state index in [-0.39, 0.29) is 58.5 Å². The van der Waals surface area contributed by atoms with Crippen molar-refractivity contribution in [1.29, 1.82) is 0 Å². The summed E-state index contributed by atoms with van der Waals surface area (Å²) in [6.07, 6.45) is 2.28. The van der Waals surface area contributed by atoms with Crippen molar-refractivity contribution in [1.82, 2.24) is 0 Å². The zero-order valence-corrected chi connectivity index (χ0v) is 8.50. The molecule has 0 bridgehead atoms. The Balaban J connectivity index is -0.0000000150. The molecule has 0 spiro atoms. The largest absolute Gasteiger partial charge is 2.00 e. The molecule has 0 aromatic heterocycles. The van der Waals surface area contributed by atoms with Crippen molar-refractivity contribution in [2.24, 2.45) is 0 Å². The summed E-state index contributed by atoms with van der Waals surface area (Å²) < 4.78 is 0. The maximum atomic E-state index is 3.60. The van der Waals surface area contributed by atoms with Crippen LogP contribution in [0, 0.1) is 6.92 Å². The van der Waals surface area contributed by atoms with Gasteiger partial charge in [0, 0.05) is 23.1 Å². The van der Waals surface area contributed by atoms with Gasteiger partial charge < -0.3 is 19.3 Å². The Bertz CT molecular complexity index is 11.7. The second-order valence-corrected chi connectivity index (χ2v) is 0.854. The predicted octanol–water partition coefficient (Wildman–Crippen LogP) is -2.14. The molecule has 0 fully saturated rings. The topological polar surface area (TPSA) is 0 Å². The van der Waals surface area contributed by atoms with Crippen LogP contribution in [0.5, 0.6) is 0 Å². The summed E-state index contributed by atoms with van der Waals surface area (Å²) in [4.78, 5) is 0. The quantitative estimate of drug-likeness (QED) is 0.289. The van der Waals surface area contributed by atoms with Crippen molar-refractivity contribution in [3.63, 3.8) is 0 Å². The average molecular weight is 141 g/mol. The molecule has 0 aliphatic carbocycles. The number of unbranched alkanes of at least 4 members (excludes halogenated alkanes) is 1. The first-order chi connectivity index (χ1) is 1.91. The van der Waals surface area contributed by atoms with Gasteiger partial charge in [0.15, 0.2) is 0 Å². The van der Waals surface area contributed by atoms with Crippen molar-refractivity contribution in [3.8, 4) is 0 Å². The van der Waals surface area contributed by atoms with Crippen molar-refractivity contribution >= 4 is 46.1 Å². The van der Waals surface area contributed by atoms with Gasteiger partial charge in [-0.2, -0.15) is 6.42 Å². The molecule has 0 rings (SSSR count). The number of halogens is 1. The van der Waals surface area contributed by atoms with Crippen LogP contribution in [0.3, 0.4) is 0 Å². The van der Waals surface area contributed by atoms with Gasteiger partial charge in [0.2, 0.25) is 0 Å². The Hall–Kier alpha value is 1.82. The second-order valence-electron chi connectivity index (χ2n) is 0.854. The summed E-state index contributed by atoms with van der Waals surface area (Å²) in [6, 6.07) is 0. The van der Waals surface area contributed by atoms with Crippen LogP contribution in [0.15, 0.2) is 0 Å². The van der Waals surface area contributed by atoms with E-state index in [1.165, 1.54) is 6.42 Å². The molecule has 0 amide bonds. The van der Waals surface area contributed by atoms with Gasteiger partial charge in [0.25, 0.3) is 0 Å². The third kappa shape index (κ3) is 33.3. The van der Waals surface area contributed by atoms with Crippen LogP contribution in [0.25, 0.3) is 0 Å². The van der Waals surface area contributed by atoms with E-state index < -0.39 is 0 Å². The Morgan fingerprint density at radius 1 is 1.43 bits per heavy atom. The minimum absolute atomic E-state index is 0. The first-order valence-electron chi connectivity index (χ1n) is 1.71. The van der Waals surface area contributed by atoms with E-state index in [1.54, 1.807) is 0 Å². The number of rotatable bonds is 1. The molecule has 0 N–H and O–H groups in total. The fourth-order valence-corrected chi connectivity index (χ4v) is 0. The Morgan fingerprint density at radius 3 is 1.57 bits per heavy atom. The van der Waals surface area contributed by atoms with E-state index in [1.807, 2.05) is 0 Å². The molecule has 36 valence electrons. The molecule has 0 unspecified atom stereocenters. The molecular formula is C4H9ClMg2. The fourth-order valence-electron chi connectivity index (χ4n) is 0. The predicted molar refractivity (Wildman–Crippen MR) is 31.8 cm³/mol. The summed E-state index contributed by atoms with van der Waals surface area (Å²) in [5, 5.41) is 0. The minimum atomic E-state index is 0. The Labute approximate surface area is 84.5 Å². The fraction of sp³-hybridized carbons (Fsp3) is 0.750. The van der Waals surface area contributed by atoms with E-state index in [4.69, 9.17) is 0 Å². The van der Waals surface area contributed by atoms with Gasteiger partial charge in [0.05, 0.1) is 0 Å². The molecule has 3 heteroatoms. The van der Waals surface area contributed by atoms with Crippen molar-refractivity contribution in [3.05, 3.63) is 6.92 Å². The average Bonchev–Trinajstić information content (AvgIpc) is 1.37. The second kappa shape index (κ2) is 24.9. The van der Waals surface area contributed by atoms with Crippen LogP contribution in [-0.4, -0.2) is 46.1 Å². The van der Waals surface area contributed by atoms with Crippen molar-refractivity contribution in [2.75, 3.05) is 0 Å². The van der Waals surface area contributed by atoms with E-state index in [2.05, 4.69) is 13.8 Å². The van der Waals surface area contributed by atoms with Gasteiger partial charge in [-0.15, -0.1) is 0 Å². The number of hydrogen-bond acceptors (Lipinski definition) is 0. The summed E-state index contributed by atoms with van der Waals surface area (Å²) in [6.45, 7) is 5.72.